The van der Waals surface area contributed by atoms with Crippen molar-refractivity contribution in [3.05, 3.63) is 18.2 Å². The lowest BCUT2D eigenvalue weighted by Crippen LogP contribution is -1.93. The maximum atomic E-state index is 12.3. The lowest BCUT2D eigenvalue weighted by molar-refractivity contribution is 0.416. The van der Waals surface area contributed by atoms with Gasteiger partial charge in [0.15, 0.2) is 5.75 Å². The van der Waals surface area contributed by atoms with Gasteiger partial charge in [0, 0.05) is 16.7 Å². The molecule has 0 aliphatic carbocycles. The fourth-order valence-corrected chi connectivity index (χ4v) is 1.24. The second kappa shape index (κ2) is 2.87. The molecule has 0 amide bonds. The molecule has 66 valence electrons. The van der Waals surface area contributed by atoms with E-state index in [2.05, 4.69) is 4.98 Å². The standard InChI is InChI=1S/C5H3ClFNO3S/c6-12(10,11)3-1-4(9)5(7)8-2-3/h1-2,9H. The zero-order valence-corrected chi connectivity index (χ0v) is 7.10. The Kier molecular flexibility index (Phi) is 2.20. The van der Waals surface area contributed by atoms with Crippen LogP contribution in [0.4, 0.5) is 4.39 Å². The van der Waals surface area contributed by atoms with E-state index in [1.165, 1.54) is 0 Å². The number of hydrogen-bond acceptors (Lipinski definition) is 4. The van der Waals surface area contributed by atoms with Gasteiger partial charge in [0.1, 0.15) is 4.90 Å². The molecule has 4 nitrogen and oxygen atoms in total. The van der Waals surface area contributed by atoms with Gasteiger partial charge in [-0.2, -0.15) is 4.39 Å². The molecule has 0 radical (unpaired) electrons. The Labute approximate surface area is 72.0 Å². The van der Waals surface area contributed by atoms with E-state index in [1.807, 2.05) is 0 Å². The van der Waals surface area contributed by atoms with Crippen molar-refractivity contribution in [1.29, 1.82) is 0 Å². The monoisotopic (exact) mass is 211 g/mol. The van der Waals surface area contributed by atoms with Crippen LogP contribution in [0.5, 0.6) is 5.75 Å². The SMILES string of the molecule is O=S(=O)(Cl)c1cnc(F)c(O)c1. The molecule has 0 aliphatic heterocycles. The second-order valence-electron chi connectivity index (χ2n) is 1.92. The van der Waals surface area contributed by atoms with E-state index in [0.717, 1.165) is 6.20 Å². The third kappa shape index (κ3) is 1.83. The van der Waals surface area contributed by atoms with Gasteiger partial charge in [-0.25, -0.2) is 13.4 Å². The number of hydrogen-bond donors (Lipinski definition) is 1. The maximum absolute atomic E-state index is 12.3. The fourth-order valence-electron chi connectivity index (χ4n) is 0.551. The van der Waals surface area contributed by atoms with Crippen LogP contribution in [-0.4, -0.2) is 18.5 Å². The van der Waals surface area contributed by atoms with Gasteiger partial charge in [-0.15, -0.1) is 0 Å². The number of rotatable bonds is 1. The van der Waals surface area contributed by atoms with Crippen LogP contribution in [0.25, 0.3) is 0 Å². The predicted octanol–water partition coefficient (Wildman–Crippen LogP) is 0.854. The molecule has 0 aromatic carbocycles. The van der Waals surface area contributed by atoms with E-state index in [4.69, 9.17) is 15.8 Å². The number of pyridine rings is 1. The Hall–Kier alpha value is -0.880. The average molecular weight is 212 g/mol. The molecule has 1 aromatic rings. The summed E-state index contributed by atoms with van der Waals surface area (Å²) < 4.78 is 33.5. The summed E-state index contributed by atoms with van der Waals surface area (Å²) in [6.07, 6.45) is 0.720. The Morgan fingerprint density at radius 3 is 2.58 bits per heavy atom. The summed E-state index contributed by atoms with van der Waals surface area (Å²) in [4.78, 5) is 2.52. The van der Waals surface area contributed by atoms with Gasteiger partial charge in [0.25, 0.3) is 15.0 Å². The smallest absolute Gasteiger partial charge is 0.262 e. The number of halogens is 2. The van der Waals surface area contributed by atoms with Crippen molar-refractivity contribution in [2.75, 3.05) is 0 Å². The van der Waals surface area contributed by atoms with Crippen molar-refractivity contribution < 1.29 is 17.9 Å². The van der Waals surface area contributed by atoms with E-state index in [-0.39, 0.29) is 0 Å². The van der Waals surface area contributed by atoms with Gasteiger partial charge < -0.3 is 5.11 Å². The molecule has 0 fully saturated rings. The molecule has 0 spiro atoms. The molecule has 0 saturated heterocycles. The van der Waals surface area contributed by atoms with Crippen molar-refractivity contribution in [3.63, 3.8) is 0 Å². The van der Waals surface area contributed by atoms with Crippen LogP contribution in [0.15, 0.2) is 17.2 Å². The summed E-state index contributed by atoms with van der Waals surface area (Å²) in [5.41, 5.74) is 0. The summed E-state index contributed by atoms with van der Waals surface area (Å²) in [6, 6.07) is 0.685. The third-order valence-corrected chi connectivity index (χ3v) is 2.40. The van der Waals surface area contributed by atoms with Gasteiger partial charge in [-0.05, 0) is 0 Å². The topological polar surface area (TPSA) is 67.3 Å². The summed E-state index contributed by atoms with van der Waals surface area (Å²) in [5.74, 6) is -1.99. The lowest BCUT2D eigenvalue weighted by atomic mass is 10.4. The van der Waals surface area contributed by atoms with Gasteiger partial charge in [-0.3, -0.25) is 0 Å². The van der Waals surface area contributed by atoms with Crippen LogP contribution >= 0.6 is 10.7 Å². The molecule has 12 heavy (non-hydrogen) atoms. The average Bonchev–Trinajstić information content (AvgIpc) is 1.92. The number of aromatic hydroxyl groups is 1. The molecule has 1 rings (SSSR count). The third-order valence-electron chi connectivity index (χ3n) is 1.08. The molecule has 1 aromatic heterocycles. The number of nitrogens with zero attached hydrogens (tertiary/aromatic N) is 1. The van der Waals surface area contributed by atoms with E-state index in [9.17, 15) is 12.8 Å². The zero-order chi connectivity index (χ0) is 9.35. The molecule has 0 aliphatic rings. The minimum atomic E-state index is -3.96. The Morgan fingerprint density at radius 1 is 1.58 bits per heavy atom. The first kappa shape index (κ1) is 9.21. The van der Waals surface area contributed by atoms with Gasteiger partial charge in [-0.1, -0.05) is 0 Å². The van der Waals surface area contributed by atoms with Crippen LogP contribution in [-0.2, 0) is 9.05 Å². The molecular formula is C5H3ClFNO3S. The quantitative estimate of drug-likeness (QED) is 0.553. The summed E-state index contributed by atoms with van der Waals surface area (Å²) in [6.45, 7) is 0. The summed E-state index contributed by atoms with van der Waals surface area (Å²) in [7, 11) is 0.923. The van der Waals surface area contributed by atoms with Crippen molar-refractivity contribution in [2.24, 2.45) is 0 Å². The van der Waals surface area contributed by atoms with E-state index in [1.54, 1.807) is 0 Å². The molecule has 0 unspecified atom stereocenters. The lowest BCUT2D eigenvalue weighted by Gasteiger charge is -1.96. The Morgan fingerprint density at radius 2 is 2.17 bits per heavy atom. The van der Waals surface area contributed by atoms with Crippen LogP contribution in [0, 0.1) is 5.95 Å². The minimum absolute atomic E-state index is 0.442. The zero-order valence-electron chi connectivity index (χ0n) is 5.53. The van der Waals surface area contributed by atoms with Crippen molar-refractivity contribution >= 4 is 19.7 Å². The first-order valence-electron chi connectivity index (χ1n) is 2.70. The van der Waals surface area contributed by atoms with E-state index < -0.39 is 25.6 Å². The van der Waals surface area contributed by atoms with Gasteiger partial charge in [0.05, 0.1) is 6.20 Å². The highest BCUT2D eigenvalue weighted by atomic mass is 35.7. The van der Waals surface area contributed by atoms with E-state index >= 15 is 0 Å². The molecule has 7 heteroatoms. The van der Waals surface area contributed by atoms with Crippen molar-refractivity contribution in [2.45, 2.75) is 4.90 Å². The molecule has 0 bridgehead atoms. The normalized spacial score (nSPS) is 11.5. The highest BCUT2D eigenvalue weighted by Crippen LogP contribution is 2.20. The minimum Gasteiger partial charge on any atom is -0.504 e. The Bertz CT molecular complexity index is 405. The molecular weight excluding hydrogens is 209 g/mol. The predicted molar refractivity (Wildman–Crippen MR) is 38.9 cm³/mol. The van der Waals surface area contributed by atoms with Gasteiger partial charge >= 0.3 is 0 Å². The molecule has 1 N–H and O–H groups in total. The first-order chi connectivity index (χ1) is 5.41. The number of aromatic nitrogens is 1. The van der Waals surface area contributed by atoms with Crippen LogP contribution in [0.3, 0.4) is 0 Å². The molecule has 1 heterocycles. The fraction of sp³-hybridized carbons (Fsp3) is 0. The Balaban J connectivity index is 3.33. The highest BCUT2D eigenvalue weighted by molar-refractivity contribution is 8.13. The highest BCUT2D eigenvalue weighted by Gasteiger charge is 2.13. The first-order valence-corrected chi connectivity index (χ1v) is 5.01. The van der Waals surface area contributed by atoms with E-state index in [0.29, 0.717) is 6.07 Å². The van der Waals surface area contributed by atoms with Crippen LogP contribution in [0.2, 0.25) is 0 Å². The largest absolute Gasteiger partial charge is 0.504 e. The summed E-state index contributed by atoms with van der Waals surface area (Å²) >= 11 is 0. The van der Waals surface area contributed by atoms with Crippen molar-refractivity contribution in [1.82, 2.24) is 4.98 Å². The van der Waals surface area contributed by atoms with Crippen LogP contribution in [0.1, 0.15) is 0 Å². The summed E-state index contributed by atoms with van der Waals surface area (Å²) in [5, 5.41) is 8.70. The van der Waals surface area contributed by atoms with Crippen molar-refractivity contribution in [3.8, 4) is 5.75 Å². The maximum Gasteiger partial charge on any atom is 0.262 e. The second-order valence-corrected chi connectivity index (χ2v) is 4.48. The van der Waals surface area contributed by atoms with Crippen LogP contribution < -0.4 is 0 Å². The molecule has 0 atom stereocenters. The molecule has 0 saturated carbocycles. The van der Waals surface area contributed by atoms with Gasteiger partial charge in [0.2, 0.25) is 0 Å².